The molecule has 2 rings (SSSR count). The van der Waals surface area contributed by atoms with Crippen molar-refractivity contribution in [2.45, 2.75) is 71.8 Å². The molecule has 0 heterocycles. The highest BCUT2D eigenvalue weighted by atomic mass is 16.6. The lowest BCUT2D eigenvalue weighted by Gasteiger charge is -2.49. The highest BCUT2D eigenvalue weighted by Crippen LogP contribution is 2.60. The Bertz CT molecular complexity index is 506. The fourth-order valence-corrected chi connectivity index (χ4v) is 4.22. The summed E-state index contributed by atoms with van der Waals surface area (Å²) in [6.07, 6.45) is 7.62. The molecule has 1 saturated carbocycles. The maximum atomic E-state index is 12.2. The predicted octanol–water partition coefficient (Wildman–Crippen LogP) is 4.14. The zero-order valence-electron chi connectivity index (χ0n) is 14.8. The van der Waals surface area contributed by atoms with Gasteiger partial charge in [-0.25, -0.2) is 0 Å². The number of unbranched alkanes of at least 4 members (excludes halogenated alkanes) is 1. The zero-order valence-corrected chi connectivity index (χ0v) is 14.8. The lowest BCUT2D eigenvalue weighted by atomic mass is 9.53. The number of nitrogens with zero attached hydrogens (tertiary/aromatic N) is 1. The number of carbonyl (C=O) groups excluding carboxylic acids is 1. The first-order valence-corrected chi connectivity index (χ1v) is 8.68. The Morgan fingerprint density at radius 2 is 2.17 bits per heavy atom. The first-order valence-electron chi connectivity index (χ1n) is 8.68. The second-order valence-electron chi connectivity index (χ2n) is 8.24. The van der Waals surface area contributed by atoms with Gasteiger partial charge < -0.3 is 4.74 Å². The first-order chi connectivity index (χ1) is 10.6. The van der Waals surface area contributed by atoms with Crippen molar-refractivity contribution in [2.24, 2.45) is 17.3 Å². The molecule has 23 heavy (non-hydrogen) atoms. The number of rotatable bonds is 7. The van der Waals surface area contributed by atoms with Crippen LogP contribution in [0.5, 0.6) is 0 Å². The molecule has 3 atom stereocenters. The Morgan fingerprint density at radius 3 is 2.74 bits per heavy atom. The van der Waals surface area contributed by atoms with E-state index in [1.165, 1.54) is 12.0 Å². The van der Waals surface area contributed by atoms with Gasteiger partial charge in [-0.15, -0.1) is 0 Å². The standard InChI is InChI=1S/C18H29NO4/c1-5-6-7-13-8-14-10-18(12-19(21)22,15(14)9-13)11-16(20)23-17(2,3)4/h9,14-15H,5-8,10-12H2,1-4H3/t14-,15-,18-/m0/s1. The third kappa shape index (κ3) is 4.33. The van der Waals surface area contributed by atoms with Gasteiger partial charge in [-0.05, 0) is 58.3 Å². The first kappa shape index (κ1) is 18.0. The molecule has 0 spiro atoms. The van der Waals surface area contributed by atoms with Gasteiger partial charge in [0.05, 0.1) is 11.8 Å². The Labute approximate surface area is 138 Å². The van der Waals surface area contributed by atoms with Crippen LogP contribution in [0.15, 0.2) is 11.6 Å². The number of allylic oxidation sites excluding steroid dienone is 2. The summed E-state index contributed by atoms with van der Waals surface area (Å²) in [5.74, 6) is 0.352. The fourth-order valence-electron chi connectivity index (χ4n) is 4.22. The van der Waals surface area contributed by atoms with Gasteiger partial charge in [0.2, 0.25) is 6.54 Å². The van der Waals surface area contributed by atoms with Crippen LogP contribution in [0.25, 0.3) is 0 Å². The van der Waals surface area contributed by atoms with E-state index in [0.717, 1.165) is 25.7 Å². The van der Waals surface area contributed by atoms with Crippen LogP contribution in [0.1, 0.15) is 66.2 Å². The number of fused-ring (bicyclic) bond motifs is 1. The SMILES string of the molecule is CCCCC1=C[C@H]2[C@@H](C1)C[C@]2(CC(=O)OC(C)(C)C)C[N+](=O)[O-]. The largest absolute Gasteiger partial charge is 0.460 e. The fraction of sp³-hybridized carbons (Fsp3) is 0.833. The van der Waals surface area contributed by atoms with Crippen molar-refractivity contribution in [2.75, 3.05) is 6.54 Å². The summed E-state index contributed by atoms with van der Waals surface area (Å²) in [5.41, 5.74) is 0.342. The third-order valence-electron chi connectivity index (χ3n) is 5.04. The summed E-state index contributed by atoms with van der Waals surface area (Å²) >= 11 is 0. The van der Waals surface area contributed by atoms with Crippen molar-refractivity contribution in [3.63, 3.8) is 0 Å². The minimum absolute atomic E-state index is 0.134. The van der Waals surface area contributed by atoms with Gasteiger partial charge >= 0.3 is 5.97 Å². The lowest BCUT2D eigenvalue weighted by Crippen LogP contribution is -2.51. The molecule has 0 unspecified atom stereocenters. The molecule has 0 amide bonds. The highest BCUT2D eigenvalue weighted by molar-refractivity contribution is 5.71. The monoisotopic (exact) mass is 323 g/mol. The molecule has 0 aromatic heterocycles. The maximum absolute atomic E-state index is 12.2. The van der Waals surface area contributed by atoms with E-state index in [9.17, 15) is 14.9 Å². The van der Waals surface area contributed by atoms with Gasteiger partial charge in [0.25, 0.3) is 0 Å². The second-order valence-corrected chi connectivity index (χ2v) is 8.24. The molecule has 2 aliphatic rings. The molecular weight excluding hydrogens is 294 g/mol. The average molecular weight is 323 g/mol. The number of ether oxygens (including phenoxy) is 1. The Morgan fingerprint density at radius 1 is 1.48 bits per heavy atom. The van der Waals surface area contributed by atoms with E-state index >= 15 is 0 Å². The smallest absolute Gasteiger partial charge is 0.307 e. The average Bonchev–Trinajstić information content (AvgIpc) is 2.71. The molecule has 0 aliphatic heterocycles. The lowest BCUT2D eigenvalue weighted by molar-refractivity contribution is -0.506. The highest BCUT2D eigenvalue weighted by Gasteiger charge is 2.59. The number of carbonyl (C=O) groups is 1. The summed E-state index contributed by atoms with van der Waals surface area (Å²) in [5, 5.41) is 11.1. The van der Waals surface area contributed by atoms with Gasteiger partial charge in [0, 0.05) is 4.92 Å². The molecule has 130 valence electrons. The Kier molecular flexibility index (Phi) is 5.17. The van der Waals surface area contributed by atoms with Crippen molar-refractivity contribution < 1.29 is 14.5 Å². The van der Waals surface area contributed by atoms with E-state index in [-0.39, 0.29) is 29.8 Å². The van der Waals surface area contributed by atoms with E-state index in [1.807, 2.05) is 20.8 Å². The predicted molar refractivity (Wildman–Crippen MR) is 88.6 cm³/mol. The molecular formula is C18H29NO4. The summed E-state index contributed by atoms with van der Waals surface area (Å²) in [6, 6.07) is 0. The molecule has 1 fully saturated rings. The number of esters is 1. The normalized spacial score (nSPS) is 29.5. The van der Waals surface area contributed by atoms with Crippen molar-refractivity contribution in [1.29, 1.82) is 0 Å². The van der Waals surface area contributed by atoms with Crippen LogP contribution in [0.2, 0.25) is 0 Å². The van der Waals surface area contributed by atoms with Crippen molar-refractivity contribution in [1.82, 2.24) is 0 Å². The van der Waals surface area contributed by atoms with Crippen LogP contribution < -0.4 is 0 Å². The van der Waals surface area contributed by atoms with E-state index in [1.54, 1.807) is 0 Å². The van der Waals surface area contributed by atoms with Crippen molar-refractivity contribution in [3.8, 4) is 0 Å². The van der Waals surface area contributed by atoms with Gasteiger partial charge in [0.15, 0.2) is 0 Å². The quantitative estimate of drug-likeness (QED) is 0.305. The molecule has 2 aliphatic carbocycles. The molecule has 5 heteroatoms. The van der Waals surface area contributed by atoms with Gasteiger partial charge in [-0.2, -0.15) is 0 Å². The van der Waals surface area contributed by atoms with Crippen LogP contribution >= 0.6 is 0 Å². The zero-order chi connectivity index (χ0) is 17.3. The van der Waals surface area contributed by atoms with Crippen LogP contribution in [0.3, 0.4) is 0 Å². The molecule has 0 radical (unpaired) electrons. The van der Waals surface area contributed by atoms with Gasteiger partial charge in [-0.1, -0.05) is 25.0 Å². The topological polar surface area (TPSA) is 69.4 Å². The Balaban J connectivity index is 2.08. The second kappa shape index (κ2) is 6.62. The number of hydrogen-bond donors (Lipinski definition) is 0. The van der Waals surface area contributed by atoms with Gasteiger partial charge in [0.1, 0.15) is 5.60 Å². The summed E-state index contributed by atoms with van der Waals surface area (Å²) in [4.78, 5) is 23.1. The summed E-state index contributed by atoms with van der Waals surface area (Å²) in [7, 11) is 0. The van der Waals surface area contributed by atoms with Gasteiger partial charge in [-0.3, -0.25) is 14.9 Å². The minimum atomic E-state index is -0.548. The van der Waals surface area contributed by atoms with E-state index < -0.39 is 11.0 Å². The van der Waals surface area contributed by atoms with E-state index in [0.29, 0.717) is 5.92 Å². The molecule has 5 nitrogen and oxygen atoms in total. The van der Waals surface area contributed by atoms with Crippen LogP contribution in [-0.2, 0) is 9.53 Å². The van der Waals surface area contributed by atoms with Crippen molar-refractivity contribution in [3.05, 3.63) is 21.8 Å². The van der Waals surface area contributed by atoms with Crippen molar-refractivity contribution >= 4 is 5.97 Å². The number of nitro groups is 1. The minimum Gasteiger partial charge on any atom is -0.460 e. The third-order valence-corrected chi connectivity index (χ3v) is 5.04. The molecule has 0 saturated heterocycles. The van der Waals surface area contributed by atoms with Crippen LogP contribution in [0.4, 0.5) is 0 Å². The molecule has 0 N–H and O–H groups in total. The molecule has 0 bridgehead atoms. The van der Waals surface area contributed by atoms with Crippen LogP contribution in [0, 0.1) is 27.4 Å². The van der Waals surface area contributed by atoms with E-state index in [4.69, 9.17) is 4.74 Å². The summed E-state index contributed by atoms with van der Waals surface area (Å²) < 4.78 is 5.41. The summed E-state index contributed by atoms with van der Waals surface area (Å²) in [6.45, 7) is 7.52. The maximum Gasteiger partial charge on any atom is 0.307 e. The van der Waals surface area contributed by atoms with Crippen LogP contribution in [-0.4, -0.2) is 23.0 Å². The molecule has 0 aromatic carbocycles. The number of hydrogen-bond acceptors (Lipinski definition) is 4. The Hall–Kier alpha value is -1.39. The van der Waals surface area contributed by atoms with E-state index in [2.05, 4.69) is 13.0 Å². The molecule has 0 aromatic rings.